The molecule has 1 atom stereocenters. The maximum atomic E-state index is 11.1. The minimum Gasteiger partial charge on any atom is -0.777 e. The zero-order valence-corrected chi connectivity index (χ0v) is 13.7. The van der Waals surface area contributed by atoms with Crippen LogP contribution in [0.25, 0.3) is 0 Å². The summed E-state index contributed by atoms with van der Waals surface area (Å²) in [4.78, 5) is 15.4. The van der Waals surface area contributed by atoms with Gasteiger partial charge in [0.1, 0.15) is 0 Å². The molecule has 0 spiro atoms. The number of hydrogen-bond donors (Lipinski definition) is 0. The van der Waals surface area contributed by atoms with Gasteiger partial charge in [0.15, 0.2) is 6.72 Å². The van der Waals surface area contributed by atoms with Crippen molar-refractivity contribution in [3.05, 3.63) is 0 Å². The quantitative estimate of drug-likeness (QED) is 0.189. The van der Waals surface area contributed by atoms with Crippen molar-refractivity contribution in [1.29, 1.82) is 0 Å². The third-order valence-corrected chi connectivity index (χ3v) is 2.44. The Kier molecular flexibility index (Phi) is 12.7. The first-order valence-electron chi connectivity index (χ1n) is 3.86. The first-order valence-corrected chi connectivity index (χ1v) is 6.42. The Morgan fingerprint density at radius 1 is 1.50 bits per heavy atom. The summed E-state index contributed by atoms with van der Waals surface area (Å²) < 4.78 is 8.90. The standard InChI is InChI=1S/C6H14NO4PS.K/c1-4-6(3)7-10-11-12(8,13)9-5-2;/h4-5H2,1-3H3,(H,8,13);/q;+1/p-1. The molecule has 0 radical (unpaired) electrons. The minimum absolute atomic E-state index is 0. The molecule has 0 aromatic heterocycles. The normalized spacial score (nSPS) is 15.6. The van der Waals surface area contributed by atoms with Gasteiger partial charge < -0.3 is 9.42 Å². The molecule has 0 amide bonds. The van der Waals surface area contributed by atoms with Crippen molar-refractivity contribution in [3.8, 4) is 0 Å². The van der Waals surface area contributed by atoms with Crippen LogP contribution in [0.2, 0.25) is 0 Å². The summed E-state index contributed by atoms with van der Waals surface area (Å²) in [6.45, 7) is 2.01. The topological polar surface area (TPSA) is 63.1 Å². The van der Waals surface area contributed by atoms with Gasteiger partial charge >= 0.3 is 51.4 Å². The van der Waals surface area contributed by atoms with E-state index in [2.05, 4.69) is 31.1 Å². The second-order valence-electron chi connectivity index (χ2n) is 2.19. The van der Waals surface area contributed by atoms with Crippen LogP contribution in [0, 0.1) is 0 Å². The molecule has 14 heavy (non-hydrogen) atoms. The van der Waals surface area contributed by atoms with E-state index in [-0.39, 0.29) is 58.0 Å². The van der Waals surface area contributed by atoms with Gasteiger partial charge in [-0.1, -0.05) is 12.1 Å². The fourth-order valence-corrected chi connectivity index (χ4v) is 1.24. The Morgan fingerprint density at radius 2 is 2.07 bits per heavy atom. The predicted octanol–water partition coefficient (Wildman–Crippen LogP) is -1.65. The van der Waals surface area contributed by atoms with E-state index < -0.39 is 6.72 Å². The number of nitrogens with zero attached hydrogens (tertiary/aromatic N) is 1. The van der Waals surface area contributed by atoms with Crippen LogP contribution >= 0.6 is 6.72 Å². The van der Waals surface area contributed by atoms with E-state index in [1.54, 1.807) is 13.8 Å². The van der Waals surface area contributed by atoms with Crippen LogP contribution in [0.5, 0.6) is 0 Å². The van der Waals surface area contributed by atoms with Crippen LogP contribution in [0.1, 0.15) is 27.2 Å². The molecule has 1 unspecified atom stereocenters. The summed E-state index contributed by atoms with van der Waals surface area (Å²) in [5.41, 5.74) is 0.714. The number of oxime groups is 1. The van der Waals surface area contributed by atoms with E-state index >= 15 is 0 Å². The van der Waals surface area contributed by atoms with E-state index in [0.29, 0.717) is 5.71 Å². The van der Waals surface area contributed by atoms with Crippen LogP contribution in [0.15, 0.2) is 5.16 Å². The molecule has 0 aromatic carbocycles. The zero-order valence-electron chi connectivity index (χ0n) is 8.85. The van der Waals surface area contributed by atoms with E-state index in [1.807, 2.05) is 6.92 Å². The summed E-state index contributed by atoms with van der Waals surface area (Å²) in [6, 6.07) is 0. The maximum absolute atomic E-state index is 11.1. The Morgan fingerprint density at radius 3 is 2.50 bits per heavy atom. The van der Waals surface area contributed by atoms with E-state index in [1.165, 1.54) is 0 Å². The predicted molar refractivity (Wildman–Crippen MR) is 51.5 cm³/mol. The monoisotopic (exact) mass is 265 g/mol. The zero-order chi connectivity index (χ0) is 10.3. The molecule has 0 aromatic rings. The average Bonchev–Trinajstić information content (AvgIpc) is 2.03. The van der Waals surface area contributed by atoms with Gasteiger partial charge in [0.2, 0.25) is 0 Å². The fourth-order valence-electron chi connectivity index (χ4n) is 0.365. The molecular weight excluding hydrogens is 252 g/mol. The molecule has 0 bridgehead atoms. The Hall–Kier alpha value is 1.64. The molecule has 0 aliphatic heterocycles. The van der Waals surface area contributed by atoms with Gasteiger partial charge in [-0.05, 0) is 32.1 Å². The van der Waals surface area contributed by atoms with Crippen molar-refractivity contribution in [2.45, 2.75) is 27.2 Å². The summed E-state index contributed by atoms with van der Waals surface area (Å²) in [6.07, 6.45) is 0.722. The van der Waals surface area contributed by atoms with Gasteiger partial charge in [-0.25, -0.2) is 4.99 Å². The molecular formula is C6H13KNO4PS. The molecule has 0 saturated carbocycles. The smallest absolute Gasteiger partial charge is 0.777 e. The largest absolute Gasteiger partial charge is 1.00 e. The number of rotatable bonds is 6. The van der Waals surface area contributed by atoms with Gasteiger partial charge in [0, 0.05) is 0 Å². The molecule has 5 nitrogen and oxygen atoms in total. The van der Waals surface area contributed by atoms with Crippen LogP contribution < -0.4 is 56.3 Å². The van der Waals surface area contributed by atoms with Crippen LogP contribution in [0.4, 0.5) is 0 Å². The SMILES string of the molecule is CCOP([O-])(=S)OON=C(C)CC.[K+]. The molecule has 8 heteroatoms. The molecule has 0 aliphatic rings. The second-order valence-corrected chi connectivity index (χ2v) is 4.84. The Labute approximate surface area is 132 Å². The van der Waals surface area contributed by atoms with Crippen molar-refractivity contribution in [1.82, 2.24) is 0 Å². The first-order chi connectivity index (χ1) is 6.02. The summed E-state index contributed by atoms with van der Waals surface area (Å²) in [5.74, 6) is 0. The van der Waals surface area contributed by atoms with Gasteiger partial charge in [-0.15, -0.1) is 4.67 Å². The Balaban J connectivity index is 0. The van der Waals surface area contributed by atoms with Crippen LogP contribution in [-0.4, -0.2) is 12.3 Å². The van der Waals surface area contributed by atoms with E-state index in [4.69, 9.17) is 0 Å². The van der Waals surface area contributed by atoms with Crippen LogP contribution in [0.3, 0.4) is 0 Å². The minimum atomic E-state index is -3.51. The van der Waals surface area contributed by atoms with Crippen molar-refractivity contribution < 1.29 is 70.5 Å². The van der Waals surface area contributed by atoms with Gasteiger partial charge in [0.05, 0.1) is 12.3 Å². The van der Waals surface area contributed by atoms with Gasteiger partial charge in [0.25, 0.3) is 0 Å². The third kappa shape index (κ3) is 10.2. The van der Waals surface area contributed by atoms with Gasteiger partial charge in [-0.2, -0.15) is 0 Å². The van der Waals surface area contributed by atoms with E-state index in [9.17, 15) is 4.89 Å². The first kappa shape index (κ1) is 18.0. The molecule has 0 rings (SSSR count). The van der Waals surface area contributed by atoms with Crippen molar-refractivity contribution in [3.63, 3.8) is 0 Å². The molecule has 0 heterocycles. The molecule has 0 fully saturated rings. The molecule has 0 saturated heterocycles. The summed E-state index contributed by atoms with van der Waals surface area (Å²) >= 11 is 4.45. The second kappa shape index (κ2) is 9.83. The molecule has 78 valence electrons. The third-order valence-electron chi connectivity index (χ3n) is 1.12. The van der Waals surface area contributed by atoms with Crippen molar-refractivity contribution >= 4 is 24.2 Å². The molecule has 0 N–H and O–H groups in total. The number of hydrogen-bond acceptors (Lipinski definition) is 6. The van der Waals surface area contributed by atoms with Crippen molar-refractivity contribution in [2.24, 2.45) is 5.16 Å². The summed E-state index contributed by atoms with van der Waals surface area (Å²) in [7, 11) is 0. The Bertz CT molecular complexity index is 226. The van der Waals surface area contributed by atoms with E-state index in [0.717, 1.165) is 6.42 Å². The van der Waals surface area contributed by atoms with Crippen molar-refractivity contribution in [2.75, 3.05) is 6.61 Å². The van der Waals surface area contributed by atoms with Gasteiger partial charge in [-0.3, -0.25) is 0 Å². The van der Waals surface area contributed by atoms with Crippen LogP contribution in [-0.2, 0) is 26.0 Å². The fraction of sp³-hybridized carbons (Fsp3) is 0.833. The average molecular weight is 265 g/mol. The summed E-state index contributed by atoms with van der Waals surface area (Å²) in [5, 5.41) is 3.49. The molecule has 0 aliphatic carbocycles. The maximum Gasteiger partial charge on any atom is 1.00 e.